The highest BCUT2D eigenvalue weighted by Gasteiger charge is 2.03. The van der Waals surface area contributed by atoms with Gasteiger partial charge in [-0.05, 0) is 48.9 Å². The van der Waals surface area contributed by atoms with Gasteiger partial charge in [-0.15, -0.1) is 0 Å². The number of aliphatic imine (C=N–C) groups is 1. The van der Waals surface area contributed by atoms with E-state index in [0.717, 1.165) is 16.9 Å². The zero-order chi connectivity index (χ0) is 16.1. The molecule has 0 fully saturated rings. The minimum Gasteiger partial charge on any atom is -0.345 e. The number of nitrogens with zero attached hydrogens (tertiary/aromatic N) is 2. The third-order valence-corrected chi connectivity index (χ3v) is 3.82. The highest BCUT2D eigenvalue weighted by molar-refractivity contribution is 5.82. The van der Waals surface area contributed by atoms with E-state index in [9.17, 15) is 0 Å². The van der Waals surface area contributed by atoms with E-state index in [-0.39, 0.29) is 0 Å². The van der Waals surface area contributed by atoms with Crippen molar-refractivity contribution in [2.24, 2.45) is 4.99 Å². The number of benzene rings is 3. The number of hydrogen-bond acceptors (Lipinski definition) is 2. The van der Waals surface area contributed by atoms with Crippen LogP contribution in [-0.4, -0.2) is 13.3 Å². The molecule has 3 aromatic carbocycles. The van der Waals surface area contributed by atoms with Gasteiger partial charge in [-0.3, -0.25) is 4.99 Å². The van der Waals surface area contributed by atoms with Gasteiger partial charge in [0.2, 0.25) is 0 Å². The van der Waals surface area contributed by atoms with Crippen LogP contribution >= 0.6 is 0 Å². The molecule has 0 aliphatic heterocycles. The topological polar surface area (TPSA) is 15.6 Å². The molecule has 3 aromatic rings. The van der Waals surface area contributed by atoms with Gasteiger partial charge < -0.3 is 4.90 Å². The zero-order valence-corrected chi connectivity index (χ0v) is 13.5. The smallest absolute Gasteiger partial charge is 0.0631 e. The monoisotopic (exact) mass is 300 g/mol. The maximum atomic E-state index is 4.52. The first-order valence-electron chi connectivity index (χ1n) is 7.72. The first kappa shape index (κ1) is 15.0. The van der Waals surface area contributed by atoms with Crippen LogP contribution in [0.1, 0.15) is 11.1 Å². The molecule has 0 saturated heterocycles. The van der Waals surface area contributed by atoms with Crippen LogP contribution in [0.2, 0.25) is 0 Å². The average molecular weight is 300 g/mol. The molecular weight excluding hydrogens is 280 g/mol. The molecule has 0 radical (unpaired) electrons. The van der Waals surface area contributed by atoms with Gasteiger partial charge >= 0.3 is 0 Å². The van der Waals surface area contributed by atoms with E-state index in [0.29, 0.717) is 0 Å². The predicted molar refractivity (Wildman–Crippen MR) is 99.4 cm³/mol. The summed E-state index contributed by atoms with van der Waals surface area (Å²) in [7, 11) is 2.08. The van der Waals surface area contributed by atoms with Gasteiger partial charge in [0.15, 0.2) is 0 Å². The van der Waals surface area contributed by atoms with Crippen LogP contribution in [0.3, 0.4) is 0 Å². The maximum absolute atomic E-state index is 4.52. The fourth-order valence-electron chi connectivity index (χ4n) is 2.37. The SMILES string of the molecule is Cc1ccc(N(C)c2ccc(N=Cc3ccccc3)cc2)cc1. The second-order valence-corrected chi connectivity index (χ2v) is 5.58. The normalized spacial score (nSPS) is 10.9. The minimum atomic E-state index is 0.954. The van der Waals surface area contributed by atoms with Crippen molar-refractivity contribution in [3.8, 4) is 0 Å². The van der Waals surface area contributed by atoms with Crippen LogP contribution in [0.4, 0.5) is 17.1 Å². The summed E-state index contributed by atoms with van der Waals surface area (Å²) in [5.41, 5.74) is 5.65. The van der Waals surface area contributed by atoms with E-state index < -0.39 is 0 Å². The fraction of sp³-hybridized carbons (Fsp3) is 0.0952. The second-order valence-electron chi connectivity index (χ2n) is 5.58. The molecule has 0 heterocycles. The van der Waals surface area contributed by atoms with E-state index in [1.165, 1.54) is 11.3 Å². The average Bonchev–Trinajstić information content (AvgIpc) is 2.61. The summed E-state index contributed by atoms with van der Waals surface area (Å²) in [6.45, 7) is 2.10. The number of anilines is 2. The molecule has 2 nitrogen and oxygen atoms in total. The molecule has 0 aliphatic rings. The molecule has 2 heteroatoms. The first-order valence-corrected chi connectivity index (χ1v) is 7.72. The van der Waals surface area contributed by atoms with Crippen molar-refractivity contribution in [2.45, 2.75) is 6.92 Å². The molecule has 0 aromatic heterocycles. The van der Waals surface area contributed by atoms with Gasteiger partial charge in [-0.1, -0.05) is 48.0 Å². The van der Waals surface area contributed by atoms with Crippen molar-refractivity contribution in [1.82, 2.24) is 0 Å². The Morgan fingerprint density at radius 2 is 1.30 bits per heavy atom. The number of aryl methyl sites for hydroxylation is 1. The summed E-state index contributed by atoms with van der Waals surface area (Å²) < 4.78 is 0. The summed E-state index contributed by atoms with van der Waals surface area (Å²) >= 11 is 0. The molecule has 0 bridgehead atoms. The predicted octanol–water partition coefficient (Wildman–Crippen LogP) is 5.51. The Balaban J connectivity index is 1.74. The number of hydrogen-bond donors (Lipinski definition) is 0. The highest BCUT2D eigenvalue weighted by Crippen LogP contribution is 2.25. The van der Waals surface area contributed by atoms with Crippen molar-refractivity contribution in [1.29, 1.82) is 0 Å². The van der Waals surface area contributed by atoms with Gasteiger partial charge in [0.05, 0.1) is 5.69 Å². The Bertz CT molecular complexity index is 772. The Kier molecular flexibility index (Phi) is 4.53. The van der Waals surface area contributed by atoms with Crippen molar-refractivity contribution >= 4 is 23.3 Å². The minimum absolute atomic E-state index is 0.954. The van der Waals surface area contributed by atoms with E-state index in [2.05, 4.69) is 60.3 Å². The number of rotatable bonds is 4. The summed E-state index contributed by atoms with van der Waals surface area (Å²) in [5, 5.41) is 0. The quantitative estimate of drug-likeness (QED) is 0.580. The first-order chi connectivity index (χ1) is 11.2. The molecular formula is C21H20N2. The Labute approximate surface area is 137 Å². The third-order valence-electron chi connectivity index (χ3n) is 3.82. The standard InChI is InChI=1S/C21H20N2/c1-17-8-12-20(13-9-17)23(2)21-14-10-19(11-15-21)22-16-18-6-4-3-5-7-18/h3-16H,1-2H3. The lowest BCUT2D eigenvalue weighted by molar-refractivity contribution is 1.20. The summed E-state index contributed by atoms with van der Waals surface area (Å²) in [5.74, 6) is 0. The van der Waals surface area contributed by atoms with Crippen LogP contribution in [-0.2, 0) is 0 Å². The second kappa shape index (κ2) is 6.93. The van der Waals surface area contributed by atoms with Crippen LogP contribution in [0.5, 0.6) is 0 Å². The molecule has 0 amide bonds. The van der Waals surface area contributed by atoms with Crippen molar-refractivity contribution in [3.63, 3.8) is 0 Å². The lowest BCUT2D eigenvalue weighted by Crippen LogP contribution is -2.08. The Hall–Kier alpha value is -2.87. The van der Waals surface area contributed by atoms with Crippen LogP contribution in [0.25, 0.3) is 0 Å². The summed E-state index contributed by atoms with van der Waals surface area (Å²) in [4.78, 5) is 6.69. The summed E-state index contributed by atoms with van der Waals surface area (Å²) in [6.07, 6.45) is 1.89. The molecule has 0 unspecified atom stereocenters. The van der Waals surface area contributed by atoms with Gasteiger partial charge in [0.1, 0.15) is 0 Å². The molecule has 0 spiro atoms. The van der Waals surface area contributed by atoms with E-state index >= 15 is 0 Å². The third kappa shape index (κ3) is 3.86. The van der Waals surface area contributed by atoms with E-state index in [4.69, 9.17) is 0 Å². The lowest BCUT2D eigenvalue weighted by atomic mass is 10.2. The van der Waals surface area contributed by atoms with Crippen LogP contribution in [0, 0.1) is 6.92 Å². The maximum Gasteiger partial charge on any atom is 0.0631 e. The van der Waals surface area contributed by atoms with Crippen molar-refractivity contribution in [3.05, 3.63) is 90.0 Å². The van der Waals surface area contributed by atoms with Crippen molar-refractivity contribution in [2.75, 3.05) is 11.9 Å². The fourth-order valence-corrected chi connectivity index (χ4v) is 2.37. The van der Waals surface area contributed by atoms with Gasteiger partial charge in [-0.25, -0.2) is 0 Å². The van der Waals surface area contributed by atoms with E-state index in [1.807, 2.05) is 48.7 Å². The molecule has 114 valence electrons. The van der Waals surface area contributed by atoms with Crippen molar-refractivity contribution < 1.29 is 0 Å². The molecule has 0 aliphatic carbocycles. The van der Waals surface area contributed by atoms with Crippen LogP contribution in [0.15, 0.2) is 83.9 Å². The lowest BCUT2D eigenvalue weighted by Gasteiger charge is -2.19. The van der Waals surface area contributed by atoms with Gasteiger partial charge in [-0.2, -0.15) is 0 Å². The Morgan fingerprint density at radius 1 is 0.739 bits per heavy atom. The summed E-state index contributed by atoms with van der Waals surface area (Å²) in [6, 6.07) is 26.9. The highest BCUT2D eigenvalue weighted by atomic mass is 15.1. The molecule has 0 N–H and O–H groups in total. The molecule has 0 atom stereocenters. The Morgan fingerprint density at radius 3 is 1.91 bits per heavy atom. The van der Waals surface area contributed by atoms with Gasteiger partial charge in [0.25, 0.3) is 0 Å². The van der Waals surface area contributed by atoms with Gasteiger partial charge in [0, 0.05) is 24.6 Å². The molecule has 3 rings (SSSR count). The zero-order valence-electron chi connectivity index (χ0n) is 13.5. The largest absolute Gasteiger partial charge is 0.345 e. The molecule has 23 heavy (non-hydrogen) atoms. The molecule has 0 saturated carbocycles. The van der Waals surface area contributed by atoms with E-state index in [1.54, 1.807) is 0 Å². The van der Waals surface area contributed by atoms with Crippen LogP contribution < -0.4 is 4.90 Å².